The van der Waals surface area contributed by atoms with Crippen LogP contribution in [0.3, 0.4) is 0 Å². The van der Waals surface area contributed by atoms with Crippen LogP contribution in [0.25, 0.3) is 0 Å². The maximum absolute atomic E-state index is 9.59. The number of rotatable bonds is 3. The van der Waals surface area contributed by atoms with Gasteiger partial charge in [-0.3, -0.25) is 0 Å². The Kier molecular flexibility index (Phi) is 3.53. The number of hydrogen-bond donors (Lipinski definition) is 2. The second-order valence-corrected chi connectivity index (χ2v) is 3.92. The molecular formula is C12H18O2. The number of aromatic hydroxyl groups is 1. The van der Waals surface area contributed by atoms with Gasteiger partial charge in [0.1, 0.15) is 5.75 Å². The molecule has 2 N–H and O–H groups in total. The van der Waals surface area contributed by atoms with E-state index in [1.807, 2.05) is 26.0 Å². The van der Waals surface area contributed by atoms with Gasteiger partial charge >= 0.3 is 0 Å². The lowest BCUT2D eigenvalue weighted by molar-refractivity contribution is 0.278. The molecule has 0 heterocycles. The van der Waals surface area contributed by atoms with Crippen LogP contribution in [0.2, 0.25) is 0 Å². The van der Waals surface area contributed by atoms with Crippen LogP contribution in [-0.4, -0.2) is 16.8 Å². The highest BCUT2D eigenvalue weighted by molar-refractivity contribution is 5.43. The average Bonchev–Trinajstić information content (AvgIpc) is 2.13. The lowest BCUT2D eigenvalue weighted by Crippen LogP contribution is -1.98. The Hall–Kier alpha value is -1.02. The Labute approximate surface area is 85.2 Å². The van der Waals surface area contributed by atoms with E-state index < -0.39 is 0 Å². The van der Waals surface area contributed by atoms with E-state index in [9.17, 15) is 5.11 Å². The summed E-state index contributed by atoms with van der Waals surface area (Å²) in [5.41, 5.74) is 3.00. The van der Waals surface area contributed by atoms with Crippen LogP contribution in [0, 0.1) is 13.8 Å². The highest BCUT2D eigenvalue weighted by Gasteiger charge is 2.08. The van der Waals surface area contributed by atoms with Crippen LogP contribution in [-0.2, 0) is 0 Å². The first-order valence-electron chi connectivity index (χ1n) is 4.97. The van der Waals surface area contributed by atoms with Crippen molar-refractivity contribution in [2.45, 2.75) is 33.1 Å². The maximum atomic E-state index is 9.59. The number of hydrogen-bond acceptors (Lipinski definition) is 2. The van der Waals surface area contributed by atoms with Gasteiger partial charge in [0.2, 0.25) is 0 Å². The molecule has 1 aromatic rings. The molecule has 0 aliphatic rings. The molecular weight excluding hydrogens is 176 g/mol. The molecule has 1 unspecified atom stereocenters. The average molecular weight is 194 g/mol. The molecule has 1 rings (SSSR count). The molecule has 2 heteroatoms. The van der Waals surface area contributed by atoms with E-state index in [4.69, 9.17) is 5.11 Å². The van der Waals surface area contributed by atoms with E-state index in [2.05, 4.69) is 6.92 Å². The van der Waals surface area contributed by atoms with E-state index >= 15 is 0 Å². The summed E-state index contributed by atoms with van der Waals surface area (Å²) in [6.07, 6.45) is 0.768. The summed E-state index contributed by atoms with van der Waals surface area (Å²) >= 11 is 0. The summed E-state index contributed by atoms with van der Waals surface area (Å²) in [6.45, 7) is 6.09. The van der Waals surface area contributed by atoms with Crippen LogP contribution >= 0.6 is 0 Å². The zero-order valence-corrected chi connectivity index (χ0v) is 9.04. The standard InChI is InChI=1S/C12H18O2/c1-8(4-5-13)11-6-9(2)12(14)10(3)7-11/h6-8,13-14H,4-5H2,1-3H3. The Morgan fingerprint density at radius 1 is 1.21 bits per heavy atom. The van der Waals surface area contributed by atoms with Crippen LogP contribution in [0.5, 0.6) is 5.75 Å². The van der Waals surface area contributed by atoms with Gasteiger partial charge < -0.3 is 10.2 Å². The van der Waals surface area contributed by atoms with Crippen molar-refractivity contribution in [2.75, 3.05) is 6.61 Å². The number of aliphatic hydroxyl groups excluding tert-OH is 1. The smallest absolute Gasteiger partial charge is 0.121 e. The molecule has 0 saturated carbocycles. The number of aliphatic hydroxyl groups is 1. The Morgan fingerprint density at radius 2 is 1.71 bits per heavy atom. The fourth-order valence-electron chi connectivity index (χ4n) is 1.63. The van der Waals surface area contributed by atoms with Gasteiger partial charge in [-0.15, -0.1) is 0 Å². The summed E-state index contributed by atoms with van der Waals surface area (Å²) in [7, 11) is 0. The van der Waals surface area contributed by atoms with E-state index in [1.54, 1.807) is 0 Å². The van der Waals surface area contributed by atoms with Crippen molar-refractivity contribution >= 4 is 0 Å². The van der Waals surface area contributed by atoms with Gasteiger partial charge in [0.25, 0.3) is 0 Å². The van der Waals surface area contributed by atoms with Crippen molar-refractivity contribution in [3.63, 3.8) is 0 Å². The molecule has 1 atom stereocenters. The van der Waals surface area contributed by atoms with E-state index in [1.165, 1.54) is 5.56 Å². The van der Waals surface area contributed by atoms with Crippen molar-refractivity contribution in [1.29, 1.82) is 0 Å². The minimum atomic E-state index is 0.208. The van der Waals surface area contributed by atoms with E-state index in [0.717, 1.165) is 17.5 Å². The fraction of sp³-hybridized carbons (Fsp3) is 0.500. The molecule has 78 valence electrons. The molecule has 0 saturated heterocycles. The molecule has 0 bridgehead atoms. The number of phenolic OH excluding ortho intramolecular Hbond substituents is 1. The number of aryl methyl sites for hydroxylation is 2. The summed E-state index contributed by atoms with van der Waals surface area (Å²) in [5.74, 6) is 0.725. The van der Waals surface area contributed by atoms with Gasteiger partial charge in [0.15, 0.2) is 0 Å². The highest BCUT2D eigenvalue weighted by Crippen LogP contribution is 2.28. The third-order valence-electron chi connectivity index (χ3n) is 2.64. The third kappa shape index (κ3) is 2.26. The Morgan fingerprint density at radius 3 is 2.14 bits per heavy atom. The topological polar surface area (TPSA) is 40.5 Å². The molecule has 0 spiro atoms. The Balaban J connectivity index is 3.00. The largest absolute Gasteiger partial charge is 0.507 e. The molecule has 0 amide bonds. The van der Waals surface area contributed by atoms with Crippen molar-refractivity contribution in [3.05, 3.63) is 28.8 Å². The van der Waals surface area contributed by atoms with Crippen molar-refractivity contribution in [3.8, 4) is 5.75 Å². The first-order chi connectivity index (χ1) is 6.56. The lowest BCUT2D eigenvalue weighted by Gasteiger charge is -2.13. The molecule has 0 aliphatic heterocycles. The zero-order chi connectivity index (χ0) is 10.7. The second-order valence-electron chi connectivity index (χ2n) is 3.92. The van der Waals surface area contributed by atoms with Crippen molar-refractivity contribution in [2.24, 2.45) is 0 Å². The van der Waals surface area contributed by atoms with Crippen LogP contribution in [0.4, 0.5) is 0 Å². The molecule has 1 aromatic carbocycles. The van der Waals surface area contributed by atoms with Crippen molar-refractivity contribution in [1.82, 2.24) is 0 Å². The predicted molar refractivity (Wildman–Crippen MR) is 57.7 cm³/mol. The molecule has 14 heavy (non-hydrogen) atoms. The van der Waals surface area contributed by atoms with E-state index in [-0.39, 0.29) is 6.61 Å². The molecule has 0 aromatic heterocycles. The SMILES string of the molecule is Cc1cc(C(C)CCO)cc(C)c1O. The first-order valence-corrected chi connectivity index (χ1v) is 4.97. The molecule has 0 aliphatic carbocycles. The van der Waals surface area contributed by atoms with Crippen molar-refractivity contribution < 1.29 is 10.2 Å². The maximum Gasteiger partial charge on any atom is 0.121 e. The number of benzene rings is 1. The van der Waals surface area contributed by atoms with Gasteiger partial charge in [-0.1, -0.05) is 19.1 Å². The third-order valence-corrected chi connectivity index (χ3v) is 2.64. The van der Waals surface area contributed by atoms with Crippen LogP contribution < -0.4 is 0 Å². The van der Waals surface area contributed by atoms with Gasteiger partial charge in [-0.2, -0.15) is 0 Å². The summed E-state index contributed by atoms with van der Waals surface area (Å²) in [6, 6.07) is 3.98. The van der Waals surface area contributed by atoms with Gasteiger partial charge in [-0.25, -0.2) is 0 Å². The monoisotopic (exact) mass is 194 g/mol. The minimum absolute atomic E-state index is 0.208. The Bertz CT molecular complexity index is 295. The fourth-order valence-corrected chi connectivity index (χ4v) is 1.63. The minimum Gasteiger partial charge on any atom is -0.507 e. The summed E-state index contributed by atoms with van der Waals surface area (Å²) in [4.78, 5) is 0. The second kappa shape index (κ2) is 4.47. The first kappa shape index (κ1) is 11.1. The van der Waals surface area contributed by atoms with Gasteiger partial charge in [-0.05, 0) is 42.9 Å². The number of phenols is 1. The molecule has 0 radical (unpaired) electrons. The molecule has 0 fully saturated rings. The van der Waals surface area contributed by atoms with E-state index in [0.29, 0.717) is 11.7 Å². The quantitative estimate of drug-likeness (QED) is 0.776. The summed E-state index contributed by atoms with van der Waals surface area (Å²) < 4.78 is 0. The van der Waals surface area contributed by atoms with Gasteiger partial charge in [0.05, 0.1) is 0 Å². The van der Waals surface area contributed by atoms with Gasteiger partial charge in [0, 0.05) is 6.61 Å². The highest BCUT2D eigenvalue weighted by atomic mass is 16.3. The zero-order valence-electron chi connectivity index (χ0n) is 9.04. The lowest BCUT2D eigenvalue weighted by atomic mass is 9.94. The molecule has 2 nitrogen and oxygen atoms in total. The summed E-state index contributed by atoms with van der Waals surface area (Å²) in [5, 5.41) is 18.4. The van der Waals surface area contributed by atoms with Crippen LogP contribution in [0.1, 0.15) is 36.0 Å². The predicted octanol–water partition coefficient (Wildman–Crippen LogP) is 2.49. The van der Waals surface area contributed by atoms with Crippen LogP contribution in [0.15, 0.2) is 12.1 Å². The normalized spacial score (nSPS) is 12.9.